The van der Waals surface area contributed by atoms with E-state index in [4.69, 9.17) is 28.4 Å². The van der Waals surface area contributed by atoms with Crippen molar-refractivity contribution in [1.29, 1.82) is 0 Å². The summed E-state index contributed by atoms with van der Waals surface area (Å²) in [7, 11) is 0. The van der Waals surface area contributed by atoms with Crippen LogP contribution in [0.2, 0.25) is 0 Å². The third-order valence-corrected chi connectivity index (χ3v) is 12.0. The number of hydrogen-bond acceptors (Lipinski definition) is 18. The molecule has 0 bridgehead atoms. The summed E-state index contributed by atoms with van der Waals surface area (Å²) in [5.74, 6) is -0.269. The summed E-state index contributed by atoms with van der Waals surface area (Å²) in [6.07, 6.45) is -1.87. The quantitative estimate of drug-likeness (QED) is 0.0324. The molecule has 0 saturated carbocycles. The van der Waals surface area contributed by atoms with Gasteiger partial charge in [0.2, 0.25) is 5.91 Å². The summed E-state index contributed by atoms with van der Waals surface area (Å²) < 4.78 is 33.9. The first-order valence-corrected chi connectivity index (χ1v) is 23.6. The molecule has 3 aliphatic rings. The molecule has 12 N–H and O–H groups in total. The standard InChI is InChI=1S/C45H81NO18/c1-3-5-7-9-10-11-12-13-14-15-16-17-18-19-21-23-33(51)46-28(29(50)22-20-8-6-4-2)27-59-43-39(57)36(54)41(31(25-48)61-43)64-45-40(58)37(55)42(32(26-49)62-45)63-44-38(56)35(53)34(52)30(24-47)60-44/h10-11,13-14,28-32,34-45,47-50,52-58H,3-9,12,15-27H2,1-2H3,(H,46,51)/b11-10-,14-13-. The Bertz CT molecular complexity index is 1290. The van der Waals surface area contributed by atoms with Gasteiger partial charge in [-0.15, -0.1) is 0 Å². The van der Waals surface area contributed by atoms with Crippen molar-refractivity contribution in [3.05, 3.63) is 24.3 Å². The minimum atomic E-state index is -1.97. The number of unbranched alkanes of at least 4 members (excludes halogenated alkanes) is 11. The minimum absolute atomic E-state index is 0.248. The summed E-state index contributed by atoms with van der Waals surface area (Å²) >= 11 is 0. The molecular formula is C45H81NO18. The van der Waals surface area contributed by atoms with Gasteiger partial charge in [-0.05, 0) is 44.9 Å². The van der Waals surface area contributed by atoms with Crippen molar-refractivity contribution in [1.82, 2.24) is 5.32 Å². The summed E-state index contributed by atoms with van der Waals surface area (Å²) in [6.45, 7) is 1.55. The highest BCUT2D eigenvalue weighted by Crippen LogP contribution is 2.33. The van der Waals surface area contributed by atoms with Gasteiger partial charge in [-0.3, -0.25) is 4.79 Å². The molecule has 3 aliphatic heterocycles. The van der Waals surface area contributed by atoms with Gasteiger partial charge < -0.3 is 89.9 Å². The molecule has 19 heteroatoms. The van der Waals surface area contributed by atoms with Gasteiger partial charge in [-0.2, -0.15) is 0 Å². The van der Waals surface area contributed by atoms with Crippen molar-refractivity contribution in [3.8, 4) is 0 Å². The van der Waals surface area contributed by atoms with Crippen LogP contribution in [0, 0.1) is 0 Å². The summed E-state index contributed by atoms with van der Waals surface area (Å²) in [4.78, 5) is 13.1. The lowest BCUT2D eigenvalue weighted by Crippen LogP contribution is -2.66. The first-order valence-electron chi connectivity index (χ1n) is 23.6. The number of nitrogens with one attached hydrogen (secondary N) is 1. The molecular weight excluding hydrogens is 842 g/mol. The largest absolute Gasteiger partial charge is 0.394 e. The molecule has 17 unspecified atom stereocenters. The second-order valence-electron chi connectivity index (χ2n) is 17.2. The van der Waals surface area contributed by atoms with Crippen LogP contribution in [0.4, 0.5) is 0 Å². The number of rotatable bonds is 31. The van der Waals surface area contributed by atoms with Crippen LogP contribution in [0.1, 0.15) is 123 Å². The molecule has 3 heterocycles. The smallest absolute Gasteiger partial charge is 0.220 e. The summed E-state index contributed by atoms with van der Waals surface area (Å²) in [6, 6.07) is -0.887. The molecule has 3 saturated heterocycles. The monoisotopic (exact) mass is 924 g/mol. The molecule has 19 nitrogen and oxygen atoms in total. The zero-order valence-corrected chi connectivity index (χ0v) is 37.8. The molecule has 0 aromatic heterocycles. The fourth-order valence-electron chi connectivity index (χ4n) is 7.99. The maximum absolute atomic E-state index is 13.1. The van der Waals surface area contributed by atoms with E-state index in [0.717, 1.165) is 64.2 Å². The highest BCUT2D eigenvalue weighted by atomic mass is 16.8. The van der Waals surface area contributed by atoms with E-state index in [9.17, 15) is 61.0 Å². The molecule has 1 amide bonds. The maximum Gasteiger partial charge on any atom is 0.220 e. The predicted molar refractivity (Wildman–Crippen MR) is 231 cm³/mol. The van der Waals surface area contributed by atoms with Gasteiger partial charge in [0.05, 0.1) is 38.6 Å². The van der Waals surface area contributed by atoms with Crippen LogP contribution in [-0.2, 0) is 33.2 Å². The number of hydrogen-bond donors (Lipinski definition) is 12. The van der Waals surface area contributed by atoms with Gasteiger partial charge in [0.1, 0.15) is 73.2 Å². The Morgan fingerprint density at radius 1 is 0.562 bits per heavy atom. The molecule has 3 rings (SSSR count). The molecule has 17 atom stereocenters. The Morgan fingerprint density at radius 2 is 1.03 bits per heavy atom. The second-order valence-corrected chi connectivity index (χ2v) is 17.2. The van der Waals surface area contributed by atoms with E-state index in [-0.39, 0.29) is 18.9 Å². The zero-order chi connectivity index (χ0) is 47.0. The van der Waals surface area contributed by atoms with Gasteiger partial charge >= 0.3 is 0 Å². The number of aliphatic hydroxyl groups excluding tert-OH is 11. The number of carbonyl (C=O) groups excluding carboxylic acids is 1. The van der Waals surface area contributed by atoms with E-state index in [1.165, 1.54) is 19.3 Å². The van der Waals surface area contributed by atoms with Crippen molar-refractivity contribution in [2.75, 3.05) is 26.4 Å². The van der Waals surface area contributed by atoms with E-state index < -0.39 is 124 Å². The Balaban J connectivity index is 1.52. The number of aliphatic hydroxyl groups is 11. The van der Waals surface area contributed by atoms with E-state index in [1.54, 1.807) is 0 Å². The van der Waals surface area contributed by atoms with Crippen LogP contribution in [0.25, 0.3) is 0 Å². The lowest BCUT2D eigenvalue weighted by Gasteiger charge is -2.48. The molecule has 3 fully saturated rings. The first-order chi connectivity index (χ1) is 30.8. The SMILES string of the molecule is CCCCC/C=C\C/C=C\CCCCCCCC(=O)NC(COC1OC(CO)C(OC2OC(CO)C(OC3OC(CO)C(O)C(O)C3O)C(O)C2O)C(O)C1O)C(O)CCCCCC. The minimum Gasteiger partial charge on any atom is -0.394 e. The third-order valence-electron chi connectivity index (χ3n) is 12.0. The van der Waals surface area contributed by atoms with Crippen molar-refractivity contribution in [2.24, 2.45) is 0 Å². The average molecular weight is 924 g/mol. The van der Waals surface area contributed by atoms with Gasteiger partial charge in [0, 0.05) is 6.42 Å². The van der Waals surface area contributed by atoms with Crippen LogP contribution in [0.15, 0.2) is 24.3 Å². The highest BCUT2D eigenvalue weighted by Gasteiger charge is 2.53. The summed E-state index contributed by atoms with van der Waals surface area (Å²) in [5, 5.41) is 119. The van der Waals surface area contributed by atoms with Crippen LogP contribution in [0.3, 0.4) is 0 Å². The van der Waals surface area contributed by atoms with Crippen LogP contribution in [-0.4, -0.2) is 193 Å². The molecule has 0 spiro atoms. The molecule has 0 radical (unpaired) electrons. The van der Waals surface area contributed by atoms with Gasteiger partial charge in [0.15, 0.2) is 18.9 Å². The fraction of sp³-hybridized carbons (Fsp3) is 0.889. The van der Waals surface area contributed by atoms with Crippen LogP contribution >= 0.6 is 0 Å². The van der Waals surface area contributed by atoms with Crippen molar-refractivity contribution < 1.29 is 89.4 Å². The number of amides is 1. The number of carbonyl (C=O) groups is 1. The lowest BCUT2D eigenvalue weighted by molar-refractivity contribution is -0.379. The molecule has 0 aromatic carbocycles. The molecule has 0 aliphatic carbocycles. The molecule has 374 valence electrons. The normalized spacial score (nSPS) is 34.7. The zero-order valence-electron chi connectivity index (χ0n) is 37.8. The Kier molecular flexibility index (Phi) is 27.7. The highest BCUT2D eigenvalue weighted by molar-refractivity contribution is 5.76. The first kappa shape index (κ1) is 56.6. The van der Waals surface area contributed by atoms with E-state index in [2.05, 4.69) is 43.5 Å². The van der Waals surface area contributed by atoms with Crippen LogP contribution < -0.4 is 5.32 Å². The lowest BCUT2D eigenvalue weighted by atomic mass is 9.96. The van der Waals surface area contributed by atoms with E-state index in [1.807, 2.05) is 0 Å². The van der Waals surface area contributed by atoms with Gasteiger partial charge in [0.25, 0.3) is 0 Å². The van der Waals surface area contributed by atoms with E-state index >= 15 is 0 Å². The van der Waals surface area contributed by atoms with Crippen molar-refractivity contribution in [2.45, 2.75) is 227 Å². The average Bonchev–Trinajstić information content (AvgIpc) is 3.29. The Morgan fingerprint density at radius 3 is 1.61 bits per heavy atom. The van der Waals surface area contributed by atoms with Crippen LogP contribution in [0.5, 0.6) is 0 Å². The van der Waals surface area contributed by atoms with E-state index in [0.29, 0.717) is 19.3 Å². The van der Waals surface area contributed by atoms with Crippen molar-refractivity contribution >= 4 is 5.91 Å². The van der Waals surface area contributed by atoms with Gasteiger partial charge in [-0.1, -0.05) is 95.9 Å². The topological polar surface area (TPSA) is 307 Å². The third kappa shape index (κ3) is 18.1. The predicted octanol–water partition coefficient (Wildman–Crippen LogP) is 0.0809. The Hall–Kier alpha value is -1.73. The summed E-state index contributed by atoms with van der Waals surface area (Å²) in [5.41, 5.74) is 0. The van der Waals surface area contributed by atoms with Gasteiger partial charge in [-0.25, -0.2) is 0 Å². The number of allylic oxidation sites excluding steroid dienone is 4. The Labute approximate surface area is 378 Å². The van der Waals surface area contributed by atoms with Crippen molar-refractivity contribution in [3.63, 3.8) is 0 Å². The maximum atomic E-state index is 13.1. The number of ether oxygens (including phenoxy) is 6. The second kappa shape index (κ2) is 31.3. The fourth-order valence-corrected chi connectivity index (χ4v) is 7.99. The molecule has 64 heavy (non-hydrogen) atoms. The molecule has 0 aromatic rings.